The van der Waals surface area contributed by atoms with Gasteiger partial charge in [-0.25, -0.2) is 9.97 Å². The Morgan fingerprint density at radius 1 is 1.18 bits per heavy atom. The van der Waals surface area contributed by atoms with Crippen molar-refractivity contribution in [1.29, 1.82) is 0 Å². The maximum Gasteiger partial charge on any atom is 0.392 e. The summed E-state index contributed by atoms with van der Waals surface area (Å²) in [6.45, 7) is 0.462. The summed E-state index contributed by atoms with van der Waals surface area (Å²) in [5.74, 6) is -0.730. The van der Waals surface area contributed by atoms with Gasteiger partial charge in [0, 0.05) is 24.0 Å². The Morgan fingerprint density at radius 2 is 1.91 bits per heavy atom. The number of rotatable bonds is 2. The van der Waals surface area contributed by atoms with Gasteiger partial charge in [-0.2, -0.15) is 13.2 Å². The van der Waals surface area contributed by atoms with Crippen LogP contribution in [0, 0.1) is 5.92 Å². The van der Waals surface area contributed by atoms with E-state index in [4.69, 9.17) is 5.73 Å². The van der Waals surface area contributed by atoms with Gasteiger partial charge in [-0.05, 0) is 30.4 Å². The number of aromatic nitrogens is 2. The molecule has 0 aliphatic heterocycles. The molecule has 1 unspecified atom stereocenters. The number of nitrogens with two attached hydrogens (primary N) is 1. The van der Waals surface area contributed by atoms with Crippen molar-refractivity contribution in [2.24, 2.45) is 11.7 Å². The number of benzene rings is 1. The molecule has 1 aliphatic rings. The van der Waals surface area contributed by atoms with Crippen molar-refractivity contribution in [3.05, 3.63) is 47.3 Å². The van der Waals surface area contributed by atoms with E-state index < -0.39 is 12.1 Å². The first kappa shape index (κ1) is 15.0. The third kappa shape index (κ3) is 2.97. The van der Waals surface area contributed by atoms with Crippen LogP contribution >= 0.6 is 0 Å². The zero-order valence-electron chi connectivity index (χ0n) is 11.9. The molecule has 2 N–H and O–H groups in total. The van der Waals surface area contributed by atoms with Crippen LogP contribution in [0.3, 0.4) is 0 Å². The Hall–Kier alpha value is -1.95. The standard InChI is InChI=1S/C16H16F3N3/c17-16(18,19)13-5-6-14-12(7-13)9-21-15(22-14)11-3-1-10(8-20)2-4-11/h1-4,9,13H,5-8,20H2. The minimum Gasteiger partial charge on any atom is -0.326 e. The number of fused-ring (bicyclic) bond motifs is 1. The van der Waals surface area contributed by atoms with Crippen LogP contribution < -0.4 is 5.73 Å². The molecule has 2 aromatic rings. The van der Waals surface area contributed by atoms with Crippen molar-refractivity contribution in [3.8, 4) is 11.4 Å². The fraction of sp³-hybridized carbons (Fsp3) is 0.375. The molecular weight excluding hydrogens is 291 g/mol. The SMILES string of the molecule is NCc1ccc(-c2ncc3c(n2)CCC(C(F)(F)F)C3)cc1. The molecule has 1 heterocycles. The van der Waals surface area contributed by atoms with Crippen LogP contribution in [-0.4, -0.2) is 16.1 Å². The molecule has 0 radical (unpaired) electrons. The van der Waals surface area contributed by atoms with Gasteiger partial charge in [0.25, 0.3) is 0 Å². The molecule has 1 atom stereocenters. The largest absolute Gasteiger partial charge is 0.392 e. The maximum atomic E-state index is 12.8. The van der Waals surface area contributed by atoms with E-state index >= 15 is 0 Å². The Bertz CT molecular complexity index is 665. The molecule has 0 fully saturated rings. The molecule has 1 aromatic carbocycles. The average Bonchev–Trinajstić information content (AvgIpc) is 2.53. The van der Waals surface area contributed by atoms with Crippen LogP contribution in [0.2, 0.25) is 0 Å². The maximum absolute atomic E-state index is 12.8. The Morgan fingerprint density at radius 3 is 2.55 bits per heavy atom. The number of halogens is 3. The van der Waals surface area contributed by atoms with E-state index in [0.29, 0.717) is 24.4 Å². The predicted octanol–water partition coefficient (Wildman–Crippen LogP) is 3.27. The molecule has 0 saturated carbocycles. The minimum absolute atomic E-state index is 0.0226. The van der Waals surface area contributed by atoms with Crippen LogP contribution in [0.4, 0.5) is 13.2 Å². The Balaban J connectivity index is 1.86. The van der Waals surface area contributed by atoms with Gasteiger partial charge in [-0.3, -0.25) is 0 Å². The van der Waals surface area contributed by atoms with Crippen molar-refractivity contribution in [3.63, 3.8) is 0 Å². The second kappa shape index (κ2) is 5.68. The molecule has 0 spiro atoms. The van der Waals surface area contributed by atoms with Gasteiger partial charge in [0.15, 0.2) is 5.82 Å². The molecule has 0 bridgehead atoms. The average molecular weight is 307 g/mol. The lowest BCUT2D eigenvalue weighted by Crippen LogP contribution is -2.29. The second-order valence-corrected chi connectivity index (χ2v) is 5.55. The van der Waals surface area contributed by atoms with Crippen molar-refractivity contribution in [2.75, 3.05) is 0 Å². The van der Waals surface area contributed by atoms with E-state index in [0.717, 1.165) is 16.8 Å². The van der Waals surface area contributed by atoms with Gasteiger partial charge in [0.05, 0.1) is 5.92 Å². The minimum atomic E-state index is -4.14. The number of hydrogen-bond acceptors (Lipinski definition) is 3. The van der Waals surface area contributed by atoms with Crippen LogP contribution in [0.25, 0.3) is 11.4 Å². The Kier molecular flexibility index (Phi) is 3.87. The molecule has 6 heteroatoms. The summed E-state index contributed by atoms with van der Waals surface area (Å²) in [5.41, 5.74) is 8.75. The number of nitrogens with zero attached hydrogens (tertiary/aromatic N) is 2. The highest BCUT2D eigenvalue weighted by Gasteiger charge is 2.41. The van der Waals surface area contributed by atoms with Crippen molar-refractivity contribution in [1.82, 2.24) is 9.97 Å². The number of aryl methyl sites for hydroxylation is 1. The fourth-order valence-electron chi connectivity index (χ4n) is 2.72. The third-order valence-electron chi connectivity index (χ3n) is 4.06. The van der Waals surface area contributed by atoms with Gasteiger partial charge < -0.3 is 5.73 Å². The molecule has 0 amide bonds. The summed E-state index contributed by atoms with van der Waals surface area (Å²) in [4.78, 5) is 8.67. The summed E-state index contributed by atoms with van der Waals surface area (Å²) < 4.78 is 38.4. The lowest BCUT2D eigenvalue weighted by atomic mass is 9.87. The Labute approximate surface area is 126 Å². The fourth-order valence-corrected chi connectivity index (χ4v) is 2.72. The van der Waals surface area contributed by atoms with E-state index in [1.54, 1.807) is 0 Å². The van der Waals surface area contributed by atoms with Crippen LogP contribution in [0.1, 0.15) is 23.2 Å². The van der Waals surface area contributed by atoms with Crippen molar-refractivity contribution >= 4 is 0 Å². The van der Waals surface area contributed by atoms with Crippen LogP contribution in [-0.2, 0) is 19.4 Å². The summed E-state index contributed by atoms with van der Waals surface area (Å²) in [5, 5.41) is 0. The van der Waals surface area contributed by atoms with E-state index in [1.807, 2.05) is 24.3 Å². The van der Waals surface area contributed by atoms with E-state index in [1.165, 1.54) is 6.20 Å². The van der Waals surface area contributed by atoms with Gasteiger partial charge in [0.1, 0.15) is 0 Å². The molecule has 116 valence electrons. The molecule has 22 heavy (non-hydrogen) atoms. The van der Waals surface area contributed by atoms with E-state index in [2.05, 4.69) is 9.97 Å². The van der Waals surface area contributed by atoms with Gasteiger partial charge in [0.2, 0.25) is 0 Å². The monoisotopic (exact) mass is 307 g/mol. The first-order valence-corrected chi connectivity index (χ1v) is 7.18. The quantitative estimate of drug-likeness (QED) is 0.926. The molecule has 3 rings (SSSR count). The van der Waals surface area contributed by atoms with Crippen molar-refractivity contribution in [2.45, 2.75) is 32.0 Å². The normalized spacial score (nSPS) is 18.1. The summed E-state index contributed by atoms with van der Waals surface area (Å²) >= 11 is 0. The highest BCUT2D eigenvalue weighted by molar-refractivity contribution is 5.55. The zero-order chi connectivity index (χ0) is 15.7. The first-order chi connectivity index (χ1) is 10.5. The van der Waals surface area contributed by atoms with Crippen LogP contribution in [0.15, 0.2) is 30.5 Å². The summed E-state index contributed by atoms with van der Waals surface area (Å²) in [7, 11) is 0. The molecule has 0 saturated heterocycles. The van der Waals surface area contributed by atoms with Gasteiger partial charge >= 0.3 is 6.18 Å². The lowest BCUT2D eigenvalue weighted by Gasteiger charge is -2.25. The topological polar surface area (TPSA) is 51.8 Å². The first-order valence-electron chi connectivity index (χ1n) is 7.18. The van der Waals surface area contributed by atoms with E-state index in [9.17, 15) is 13.2 Å². The number of hydrogen-bond donors (Lipinski definition) is 1. The molecule has 1 aromatic heterocycles. The predicted molar refractivity (Wildman–Crippen MR) is 76.9 cm³/mol. The highest BCUT2D eigenvalue weighted by atomic mass is 19.4. The zero-order valence-corrected chi connectivity index (χ0v) is 11.9. The summed E-state index contributed by atoms with van der Waals surface area (Å²) in [6.07, 6.45) is -2.19. The van der Waals surface area contributed by atoms with Crippen molar-refractivity contribution < 1.29 is 13.2 Å². The highest BCUT2D eigenvalue weighted by Crippen LogP contribution is 2.36. The van der Waals surface area contributed by atoms with Gasteiger partial charge in [-0.15, -0.1) is 0 Å². The molecule has 1 aliphatic carbocycles. The summed E-state index contributed by atoms with van der Waals surface area (Å²) in [6, 6.07) is 7.56. The lowest BCUT2D eigenvalue weighted by molar-refractivity contribution is -0.177. The second-order valence-electron chi connectivity index (χ2n) is 5.55. The van der Waals surface area contributed by atoms with Crippen LogP contribution in [0.5, 0.6) is 0 Å². The molecular formula is C16H16F3N3. The van der Waals surface area contributed by atoms with Gasteiger partial charge in [-0.1, -0.05) is 24.3 Å². The number of alkyl halides is 3. The third-order valence-corrected chi connectivity index (χ3v) is 4.06. The molecule has 3 nitrogen and oxygen atoms in total. The smallest absolute Gasteiger partial charge is 0.326 e. The van der Waals surface area contributed by atoms with E-state index in [-0.39, 0.29) is 12.8 Å².